The molecule has 1 aromatic carbocycles. The number of benzene rings is 1. The fraction of sp³-hybridized carbons (Fsp3) is 0.567. The number of hydrogen-bond donors (Lipinski definition) is 2. The van der Waals surface area contributed by atoms with Crippen LogP contribution in [0.5, 0.6) is 0 Å². The van der Waals surface area contributed by atoms with Gasteiger partial charge >= 0.3 is 5.97 Å². The molecule has 11 heteroatoms. The van der Waals surface area contributed by atoms with Crippen molar-refractivity contribution < 1.29 is 28.0 Å². The Balaban J connectivity index is 1.49. The van der Waals surface area contributed by atoms with Crippen LogP contribution >= 0.6 is 0 Å². The van der Waals surface area contributed by atoms with Gasteiger partial charge in [0.05, 0.1) is 29.8 Å². The third kappa shape index (κ3) is 5.71. The summed E-state index contributed by atoms with van der Waals surface area (Å²) in [6, 6.07) is 2.94. The number of rotatable bonds is 8. The quantitative estimate of drug-likeness (QED) is 0.378. The van der Waals surface area contributed by atoms with Crippen molar-refractivity contribution in [1.82, 2.24) is 25.3 Å². The highest BCUT2D eigenvalue weighted by Crippen LogP contribution is 2.39. The SMILES string of the molecule is CCOC(=O)C1CN(C(C)=O)CC1c1ccc2[nH]c(C(NC(=O)c3conc3CC)C3CCC(C)CC3)nc2c1F. The van der Waals surface area contributed by atoms with Crippen molar-refractivity contribution in [1.29, 1.82) is 0 Å². The van der Waals surface area contributed by atoms with Gasteiger partial charge in [0, 0.05) is 25.9 Å². The second kappa shape index (κ2) is 12.0. The number of nitrogens with zero attached hydrogens (tertiary/aromatic N) is 3. The molecule has 0 radical (unpaired) electrons. The van der Waals surface area contributed by atoms with Crippen LogP contribution in [0.15, 0.2) is 22.9 Å². The number of hydrogen-bond acceptors (Lipinski definition) is 7. The van der Waals surface area contributed by atoms with E-state index in [0.29, 0.717) is 40.5 Å². The summed E-state index contributed by atoms with van der Waals surface area (Å²) in [5.41, 5.74) is 1.92. The highest BCUT2D eigenvalue weighted by molar-refractivity contribution is 5.95. The maximum Gasteiger partial charge on any atom is 0.311 e. The van der Waals surface area contributed by atoms with Crippen LogP contribution in [0.3, 0.4) is 0 Å². The molecule has 220 valence electrons. The Labute approximate surface area is 238 Å². The number of halogens is 1. The Morgan fingerprint density at radius 3 is 2.63 bits per heavy atom. The van der Waals surface area contributed by atoms with Gasteiger partial charge in [-0.25, -0.2) is 9.37 Å². The molecule has 3 unspecified atom stereocenters. The first-order valence-corrected chi connectivity index (χ1v) is 14.6. The molecule has 0 spiro atoms. The van der Waals surface area contributed by atoms with E-state index in [-0.39, 0.29) is 42.9 Å². The van der Waals surface area contributed by atoms with Crippen molar-refractivity contribution in [3.8, 4) is 0 Å². The molecule has 41 heavy (non-hydrogen) atoms. The summed E-state index contributed by atoms with van der Waals surface area (Å²) < 4.78 is 26.5. The smallest absolute Gasteiger partial charge is 0.311 e. The van der Waals surface area contributed by atoms with E-state index in [2.05, 4.69) is 22.4 Å². The number of aryl methyl sites for hydroxylation is 1. The van der Waals surface area contributed by atoms with E-state index >= 15 is 4.39 Å². The number of nitrogens with one attached hydrogen (secondary N) is 2. The lowest BCUT2D eigenvalue weighted by Crippen LogP contribution is -2.36. The zero-order valence-electron chi connectivity index (χ0n) is 24.0. The maximum atomic E-state index is 16.2. The summed E-state index contributed by atoms with van der Waals surface area (Å²) in [5, 5.41) is 7.07. The van der Waals surface area contributed by atoms with Gasteiger partial charge in [-0.15, -0.1) is 0 Å². The summed E-state index contributed by atoms with van der Waals surface area (Å²) in [5.74, 6) is -1.48. The van der Waals surface area contributed by atoms with Crippen LogP contribution in [0.1, 0.15) is 92.8 Å². The van der Waals surface area contributed by atoms with Crippen molar-refractivity contribution in [2.24, 2.45) is 17.8 Å². The fourth-order valence-corrected chi connectivity index (χ4v) is 6.32. The Morgan fingerprint density at radius 2 is 1.95 bits per heavy atom. The molecule has 2 aliphatic rings. The monoisotopic (exact) mass is 567 g/mol. The zero-order chi connectivity index (χ0) is 29.3. The topological polar surface area (TPSA) is 130 Å². The van der Waals surface area contributed by atoms with Crippen molar-refractivity contribution in [2.75, 3.05) is 19.7 Å². The summed E-state index contributed by atoms with van der Waals surface area (Å²) in [7, 11) is 0. The van der Waals surface area contributed by atoms with Crippen molar-refractivity contribution in [3.05, 3.63) is 46.9 Å². The Hall–Kier alpha value is -3.76. The van der Waals surface area contributed by atoms with Crippen LogP contribution < -0.4 is 5.32 Å². The summed E-state index contributed by atoms with van der Waals surface area (Å²) >= 11 is 0. The number of likely N-dealkylation sites (tertiary alicyclic amines) is 1. The molecule has 3 aromatic rings. The highest BCUT2D eigenvalue weighted by atomic mass is 19.1. The van der Waals surface area contributed by atoms with Gasteiger partial charge in [-0.05, 0) is 49.7 Å². The lowest BCUT2D eigenvalue weighted by atomic mass is 9.79. The molecule has 2 aromatic heterocycles. The molecule has 3 atom stereocenters. The minimum absolute atomic E-state index is 0.121. The molecular formula is C30H38FN5O5. The average molecular weight is 568 g/mol. The molecule has 2 fully saturated rings. The van der Waals surface area contributed by atoms with Crippen molar-refractivity contribution in [2.45, 2.75) is 71.8 Å². The molecule has 3 heterocycles. The van der Waals surface area contributed by atoms with E-state index in [4.69, 9.17) is 14.2 Å². The maximum absolute atomic E-state index is 16.2. The number of imidazole rings is 1. The van der Waals surface area contributed by atoms with E-state index in [1.165, 1.54) is 13.2 Å². The van der Waals surface area contributed by atoms with E-state index in [0.717, 1.165) is 25.7 Å². The van der Waals surface area contributed by atoms with E-state index in [9.17, 15) is 14.4 Å². The largest absolute Gasteiger partial charge is 0.466 e. The molecular weight excluding hydrogens is 529 g/mol. The van der Waals surface area contributed by atoms with Gasteiger partial charge in [0.1, 0.15) is 23.2 Å². The van der Waals surface area contributed by atoms with Gasteiger partial charge in [-0.1, -0.05) is 37.9 Å². The second-order valence-electron chi connectivity index (χ2n) is 11.4. The minimum Gasteiger partial charge on any atom is -0.466 e. The van der Waals surface area contributed by atoms with E-state index in [1.807, 2.05) is 6.92 Å². The van der Waals surface area contributed by atoms with Gasteiger partial charge in [0.2, 0.25) is 5.91 Å². The number of amides is 2. The van der Waals surface area contributed by atoms with Crippen LogP contribution in [0.25, 0.3) is 11.0 Å². The first-order valence-electron chi connectivity index (χ1n) is 14.6. The van der Waals surface area contributed by atoms with Crippen LogP contribution in [0.4, 0.5) is 4.39 Å². The molecule has 10 nitrogen and oxygen atoms in total. The molecule has 5 rings (SSSR count). The second-order valence-corrected chi connectivity index (χ2v) is 11.4. The number of aromatic nitrogens is 3. The molecule has 2 N–H and O–H groups in total. The van der Waals surface area contributed by atoms with Crippen LogP contribution in [-0.4, -0.2) is 57.5 Å². The van der Waals surface area contributed by atoms with Gasteiger partial charge in [0.15, 0.2) is 5.82 Å². The summed E-state index contributed by atoms with van der Waals surface area (Å²) in [6.45, 7) is 7.89. The third-order valence-electron chi connectivity index (χ3n) is 8.73. The van der Waals surface area contributed by atoms with E-state index < -0.39 is 29.7 Å². The number of H-pyrrole nitrogens is 1. The minimum atomic E-state index is -0.670. The van der Waals surface area contributed by atoms with E-state index in [1.54, 1.807) is 24.0 Å². The molecule has 2 amide bonds. The molecule has 1 saturated carbocycles. The zero-order valence-corrected chi connectivity index (χ0v) is 24.0. The Kier molecular flexibility index (Phi) is 8.42. The molecule has 0 bridgehead atoms. The van der Waals surface area contributed by atoms with Crippen LogP contribution in [-0.2, 0) is 20.7 Å². The Morgan fingerprint density at radius 1 is 1.20 bits per heavy atom. The van der Waals surface area contributed by atoms with Gasteiger partial charge in [0.25, 0.3) is 5.91 Å². The van der Waals surface area contributed by atoms with Gasteiger partial charge in [-0.2, -0.15) is 0 Å². The number of ether oxygens (including phenoxy) is 1. The summed E-state index contributed by atoms with van der Waals surface area (Å²) in [4.78, 5) is 47.7. The first kappa shape index (κ1) is 28.8. The van der Waals surface area contributed by atoms with Crippen molar-refractivity contribution in [3.63, 3.8) is 0 Å². The number of carbonyl (C=O) groups excluding carboxylic acids is 3. The molecule has 1 aliphatic heterocycles. The normalized spacial score (nSPS) is 23.5. The Bertz CT molecular complexity index is 1430. The number of carbonyl (C=O) groups is 3. The number of aromatic amines is 1. The number of fused-ring (bicyclic) bond motifs is 1. The standard InChI is InChI=1S/C30H38FN5O5/c1-5-23-22(15-41-35-23)29(38)34-26(18-9-7-16(3)8-10-18)28-32-24-12-11-19(25(31)27(24)33-28)20-13-36(17(4)37)14-21(20)30(39)40-6-2/h11-12,15-16,18,20-21,26H,5-10,13-14H2,1-4H3,(H,32,33)(H,34,38). The van der Waals surface area contributed by atoms with Crippen molar-refractivity contribution >= 4 is 28.8 Å². The average Bonchev–Trinajstić information content (AvgIpc) is 3.71. The first-order chi connectivity index (χ1) is 19.7. The van der Waals surface area contributed by atoms with Gasteiger partial charge in [-0.3, -0.25) is 14.4 Å². The predicted octanol–water partition coefficient (Wildman–Crippen LogP) is 4.67. The molecule has 1 aliphatic carbocycles. The predicted molar refractivity (Wildman–Crippen MR) is 148 cm³/mol. The lowest BCUT2D eigenvalue weighted by Gasteiger charge is -2.32. The van der Waals surface area contributed by atoms with Crippen LogP contribution in [0, 0.1) is 23.6 Å². The lowest BCUT2D eigenvalue weighted by molar-refractivity contribution is -0.148. The summed E-state index contributed by atoms with van der Waals surface area (Å²) in [6.07, 6.45) is 5.79. The fourth-order valence-electron chi connectivity index (χ4n) is 6.32. The van der Waals surface area contributed by atoms with Gasteiger partial charge < -0.3 is 24.5 Å². The number of esters is 1. The van der Waals surface area contributed by atoms with Crippen LogP contribution in [0.2, 0.25) is 0 Å². The third-order valence-corrected chi connectivity index (χ3v) is 8.73. The molecule has 1 saturated heterocycles. The highest BCUT2D eigenvalue weighted by Gasteiger charge is 2.42.